The Kier molecular flexibility index (Phi) is 9.09. The number of hydrogen-bond donors (Lipinski definition) is 2. The molecular formula is C34H43NO5. The van der Waals surface area contributed by atoms with Crippen LogP contribution in [-0.2, 0) is 28.9 Å². The lowest BCUT2D eigenvalue weighted by molar-refractivity contribution is -0.145. The zero-order valence-electron chi connectivity index (χ0n) is 24.5. The molecule has 0 saturated heterocycles. The highest BCUT2D eigenvalue weighted by Gasteiger charge is 2.44. The third kappa shape index (κ3) is 6.28. The molecule has 2 heterocycles. The molecular weight excluding hydrogens is 502 g/mol. The van der Waals surface area contributed by atoms with E-state index in [4.69, 9.17) is 9.47 Å². The second kappa shape index (κ2) is 12.3. The van der Waals surface area contributed by atoms with Crippen LogP contribution in [0.25, 0.3) is 5.70 Å². The largest absolute Gasteiger partial charge is 0.508 e. The van der Waals surface area contributed by atoms with E-state index in [1.54, 1.807) is 6.07 Å². The van der Waals surface area contributed by atoms with Gasteiger partial charge in [0, 0.05) is 41.8 Å². The molecule has 0 radical (unpaired) electrons. The summed E-state index contributed by atoms with van der Waals surface area (Å²) < 4.78 is 11.8. The highest BCUT2D eigenvalue weighted by molar-refractivity contribution is 5.82. The van der Waals surface area contributed by atoms with E-state index in [0.717, 1.165) is 36.0 Å². The van der Waals surface area contributed by atoms with E-state index >= 15 is 0 Å². The van der Waals surface area contributed by atoms with Gasteiger partial charge in [-0.2, -0.15) is 0 Å². The zero-order valence-corrected chi connectivity index (χ0v) is 24.5. The minimum atomic E-state index is -0.814. The number of carbonyl (C=O) groups excluding carboxylic acids is 1. The van der Waals surface area contributed by atoms with Gasteiger partial charge < -0.3 is 24.6 Å². The number of carbonyl (C=O) groups is 1. The molecule has 0 fully saturated rings. The van der Waals surface area contributed by atoms with E-state index in [-0.39, 0.29) is 11.7 Å². The Balaban J connectivity index is 1.57. The zero-order chi connectivity index (χ0) is 29.0. The van der Waals surface area contributed by atoms with Crippen molar-refractivity contribution in [2.75, 3.05) is 7.11 Å². The molecule has 2 aromatic rings. The monoisotopic (exact) mass is 545 g/mol. The van der Waals surface area contributed by atoms with Crippen LogP contribution in [0.5, 0.6) is 11.5 Å². The van der Waals surface area contributed by atoms with Crippen LogP contribution < -0.4 is 4.74 Å². The summed E-state index contributed by atoms with van der Waals surface area (Å²) in [7, 11) is 1.40. The van der Waals surface area contributed by atoms with E-state index in [1.165, 1.54) is 18.3 Å². The molecule has 0 unspecified atom stereocenters. The molecule has 0 spiro atoms. The van der Waals surface area contributed by atoms with Gasteiger partial charge in [-0.1, -0.05) is 60.2 Å². The second-order valence-corrected chi connectivity index (χ2v) is 11.6. The lowest BCUT2D eigenvalue weighted by Gasteiger charge is -2.41. The van der Waals surface area contributed by atoms with Crippen molar-refractivity contribution in [2.45, 2.75) is 90.5 Å². The van der Waals surface area contributed by atoms with Gasteiger partial charge in [0.05, 0.1) is 13.2 Å². The van der Waals surface area contributed by atoms with Gasteiger partial charge in [-0.25, -0.2) is 4.79 Å². The van der Waals surface area contributed by atoms with Gasteiger partial charge >= 0.3 is 5.97 Å². The number of aromatic hydroxyl groups is 1. The Morgan fingerprint density at radius 3 is 2.60 bits per heavy atom. The quantitative estimate of drug-likeness (QED) is 0.262. The number of nitrogens with zero attached hydrogens (tertiary/aromatic N) is 1. The number of aliphatic hydroxyl groups is 1. The molecule has 0 aliphatic carbocycles. The maximum atomic E-state index is 12.9. The first-order valence-corrected chi connectivity index (χ1v) is 14.2. The predicted octanol–water partition coefficient (Wildman–Crippen LogP) is 6.49. The maximum absolute atomic E-state index is 12.9. The Labute approximate surface area is 238 Å². The molecule has 2 aliphatic rings. The highest BCUT2D eigenvalue weighted by Crippen LogP contribution is 2.49. The summed E-state index contributed by atoms with van der Waals surface area (Å²) in [5, 5.41) is 22.1. The van der Waals surface area contributed by atoms with Crippen molar-refractivity contribution in [3.05, 3.63) is 88.5 Å². The Morgan fingerprint density at radius 2 is 1.93 bits per heavy atom. The van der Waals surface area contributed by atoms with Crippen LogP contribution in [0.1, 0.15) is 75.6 Å². The molecule has 2 aliphatic heterocycles. The first-order valence-electron chi connectivity index (χ1n) is 14.2. The molecule has 6 heteroatoms. The Morgan fingerprint density at radius 1 is 1.20 bits per heavy atom. The Bertz CT molecular complexity index is 1310. The summed E-state index contributed by atoms with van der Waals surface area (Å²) in [6.07, 6.45) is 7.94. The normalized spacial score (nSPS) is 20.9. The SMILES string of the molecule is C=C1c2cc(O)c3c(c2CN1[C@@H](Cc1ccccc1)C(=O)OC)O[C@@](C)(CC/C=C(\C)CCC=C(C)C)[C@@H](O)C3. The number of ether oxygens (including phenoxy) is 2. The lowest BCUT2D eigenvalue weighted by atomic mass is 9.84. The summed E-state index contributed by atoms with van der Waals surface area (Å²) in [5.74, 6) is 0.327. The van der Waals surface area contributed by atoms with Crippen molar-refractivity contribution in [3.8, 4) is 11.5 Å². The molecule has 40 heavy (non-hydrogen) atoms. The van der Waals surface area contributed by atoms with Crippen LogP contribution in [0.4, 0.5) is 0 Å². The van der Waals surface area contributed by atoms with Crippen molar-refractivity contribution in [3.63, 3.8) is 0 Å². The van der Waals surface area contributed by atoms with E-state index in [1.807, 2.05) is 42.2 Å². The number of esters is 1. The van der Waals surface area contributed by atoms with Crippen LogP contribution in [-0.4, -0.2) is 45.9 Å². The molecule has 2 aromatic carbocycles. The number of phenols is 1. The van der Waals surface area contributed by atoms with Gasteiger partial charge in [0.1, 0.15) is 23.1 Å². The van der Waals surface area contributed by atoms with E-state index in [9.17, 15) is 15.0 Å². The average molecular weight is 546 g/mol. The molecule has 0 saturated carbocycles. The third-order valence-electron chi connectivity index (χ3n) is 8.23. The highest BCUT2D eigenvalue weighted by atomic mass is 16.5. The molecule has 4 rings (SSSR count). The molecule has 2 N–H and O–H groups in total. The van der Waals surface area contributed by atoms with Crippen molar-refractivity contribution >= 4 is 11.7 Å². The summed E-state index contributed by atoms with van der Waals surface area (Å²) >= 11 is 0. The van der Waals surface area contributed by atoms with Gasteiger partial charge in [-0.05, 0) is 65.0 Å². The molecule has 214 valence electrons. The summed E-state index contributed by atoms with van der Waals surface area (Å²) in [4.78, 5) is 14.9. The van der Waals surface area contributed by atoms with Gasteiger partial charge in [-0.15, -0.1) is 0 Å². The van der Waals surface area contributed by atoms with Crippen molar-refractivity contribution < 1.29 is 24.5 Å². The minimum Gasteiger partial charge on any atom is -0.508 e. The fourth-order valence-corrected chi connectivity index (χ4v) is 5.70. The number of phenolic OH excluding ortho intramolecular Hbond substituents is 1. The van der Waals surface area contributed by atoms with Crippen LogP contribution >= 0.6 is 0 Å². The predicted molar refractivity (Wildman–Crippen MR) is 159 cm³/mol. The van der Waals surface area contributed by atoms with Crippen molar-refractivity contribution in [1.29, 1.82) is 0 Å². The van der Waals surface area contributed by atoms with Crippen molar-refractivity contribution in [1.82, 2.24) is 4.90 Å². The minimum absolute atomic E-state index is 0.0746. The molecule has 0 bridgehead atoms. The standard InChI is InChI=1S/C34H43NO5/c1-22(2)12-10-13-23(3)14-11-17-34(5)31(37)20-27-30(36)19-26-24(4)35(21-28(26)32(27)40-34)29(33(38)39-6)18-25-15-8-7-9-16-25/h7-9,12,14-16,19,29,31,36-37H,4,10-11,13,17-18,20-21H2,1-3,5-6H3/b23-14+/t29-,31-,34-/m0/s1. The first kappa shape index (κ1) is 29.5. The number of fused-ring (bicyclic) bond motifs is 3. The fraction of sp³-hybridized carbons (Fsp3) is 0.441. The lowest BCUT2D eigenvalue weighted by Crippen LogP contribution is -2.49. The number of methoxy groups -OCH3 is 1. The number of rotatable bonds is 10. The summed E-state index contributed by atoms with van der Waals surface area (Å²) in [6, 6.07) is 10.9. The smallest absolute Gasteiger partial charge is 0.328 e. The van der Waals surface area contributed by atoms with E-state index in [0.29, 0.717) is 42.8 Å². The number of aliphatic hydroxyl groups excluding tert-OH is 1. The first-order chi connectivity index (χ1) is 19.0. The maximum Gasteiger partial charge on any atom is 0.328 e. The molecule has 6 nitrogen and oxygen atoms in total. The van der Waals surface area contributed by atoms with Crippen LogP contribution in [0.2, 0.25) is 0 Å². The average Bonchev–Trinajstić information content (AvgIpc) is 3.24. The summed E-state index contributed by atoms with van der Waals surface area (Å²) in [6.45, 7) is 13.0. The topological polar surface area (TPSA) is 79.2 Å². The van der Waals surface area contributed by atoms with Gasteiger partial charge in [0.2, 0.25) is 0 Å². The number of hydrogen-bond acceptors (Lipinski definition) is 6. The van der Waals surface area contributed by atoms with Gasteiger partial charge in [0.15, 0.2) is 0 Å². The van der Waals surface area contributed by atoms with Crippen molar-refractivity contribution in [2.24, 2.45) is 0 Å². The van der Waals surface area contributed by atoms with Crippen LogP contribution in [0.15, 0.2) is 66.3 Å². The summed E-state index contributed by atoms with van der Waals surface area (Å²) in [5.41, 5.74) is 5.74. The van der Waals surface area contributed by atoms with E-state index < -0.39 is 17.7 Å². The van der Waals surface area contributed by atoms with Crippen LogP contribution in [0, 0.1) is 0 Å². The van der Waals surface area contributed by atoms with Gasteiger partial charge in [-0.3, -0.25) is 0 Å². The molecule has 0 amide bonds. The van der Waals surface area contributed by atoms with Gasteiger partial charge in [0.25, 0.3) is 0 Å². The van der Waals surface area contributed by atoms with Crippen LogP contribution in [0.3, 0.4) is 0 Å². The number of allylic oxidation sites excluding steroid dienone is 4. The third-order valence-corrected chi connectivity index (χ3v) is 8.23. The molecule has 0 aromatic heterocycles. The van der Waals surface area contributed by atoms with E-state index in [2.05, 4.69) is 39.5 Å². The fourth-order valence-electron chi connectivity index (χ4n) is 5.70. The Hall–Kier alpha value is -3.51. The second-order valence-electron chi connectivity index (χ2n) is 11.6. The molecule has 3 atom stereocenters. The number of benzene rings is 2.